The van der Waals surface area contributed by atoms with Crippen molar-refractivity contribution < 1.29 is 8.42 Å². The molecule has 0 saturated carbocycles. The van der Waals surface area contributed by atoms with Gasteiger partial charge in [-0.3, -0.25) is 0 Å². The first-order chi connectivity index (χ1) is 10.1. The van der Waals surface area contributed by atoms with Gasteiger partial charge in [-0.05, 0) is 56.3 Å². The summed E-state index contributed by atoms with van der Waals surface area (Å²) in [7, 11) is -1.47. The van der Waals surface area contributed by atoms with Crippen LogP contribution in [0.2, 0.25) is 0 Å². The molecule has 1 saturated heterocycles. The van der Waals surface area contributed by atoms with Crippen LogP contribution in [0.5, 0.6) is 0 Å². The lowest BCUT2D eigenvalue weighted by molar-refractivity contribution is 0.574. The Morgan fingerprint density at radius 2 is 2.00 bits per heavy atom. The molecule has 0 bridgehead atoms. The summed E-state index contributed by atoms with van der Waals surface area (Å²) < 4.78 is 27.3. The maximum Gasteiger partial charge on any atom is 0.240 e. The lowest BCUT2D eigenvalue weighted by atomic mass is 10.1. The second-order valence-electron chi connectivity index (χ2n) is 5.34. The molecule has 118 valence electrons. The third-order valence-corrected chi connectivity index (χ3v) is 6.51. The van der Waals surface area contributed by atoms with E-state index in [9.17, 15) is 8.42 Å². The average molecular weight is 329 g/mol. The van der Waals surface area contributed by atoms with Crippen molar-refractivity contribution in [1.82, 2.24) is 10.0 Å². The molecule has 6 heteroatoms. The van der Waals surface area contributed by atoms with Crippen molar-refractivity contribution in [2.75, 3.05) is 25.9 Å². The van der Waals surface area contributed by atoms with Crippen molar-refractivity contribution >= 4 is 21.8 Å². The van der Waals surface area contributed by atoms with Gasteiger partial charge in [0.15, 0.2) is 0 Å². The largest absolute Gasteiger partial charge is 0.319 e. The molecule has 0 aromatic heterocycles. The second kappa shape index (κ2) is 8.17. The quantitative estimate of drug-likeness (QED) is 0.804. The van der Waals surface area contributed by atoms with Gasteiger partial charge in [0.2, 0.25) is 10.0 Å². The van der Waals surface area contributed by atoms with E-state index in [1.807, 2.05) is 30.9 Å². The zero-order valence-corrected chi connectivity index (χ0v) is 14.1. The van der Waals surface area contributed by atoms with Crippen LogP contribution in [0, 0.1) is 0 Å². The molecule has 2 N–H and O–H groups in total. The van der Waals surface area contributed by atoms with E-state index in [1.54, 1.807) is 12.1 Å². The van der Waals surface area contributed by atoms with Crippen molar-refractivity contribution in [2.24, 2.45) is 0 Å². The molecule has 0 radical (unpaired) electrons. The molecule has 1 fully saturated rings. The Labute approximate surface area is 132 Å². The summed E-state index contributed by atoms with van der Waals surface area (Å²) in [5.74, 6) is 1.15. The van der Waals surface area contributed by atoms with E-state index in [4.69, 9.17) is 0 Å². The maximum atomic E-state index is 12.3. The molecule has 0 spiro atoms. The Morgan fingerprint density at radius 3 is 2.62 bits per heavy atom. The Balaban J connectivity index is 1.91. The minimum atomic E-state index is -3.38. The molecule has 1 aromatic carbocycles. The number of hydrogen-bond donors (Lipinski definition) is 2. The molecule has 21 heavy (non-hydrogen) atoms. The van der Waals surface area contributed by atoms with E-state index in [0.717, 1.165) is 30.7 Å². The molecule has 1 aromatic rings. The van der Waals surface area contributed by atoms with Crippen molar-refractivity contribution in [3.63, 3.8) is 0 Å². The van der Waals surface area contributed by atoms with Gasteiger partial charge in [0.05, 0.1) is 4.90 Å². The van der Waals surface area contributed by atoms with E-state index in [0.29, 0.717) is 16.7 Å². The van der Waals surface area contributed by atoms with Crippen LogP contribution in [0.25, 0.3) is 0 Å². The van der Waals surface area contributed by atoms with Crippen LogP contribution in [0.4, 0.5) is 0 Å². The highest BCUT2D eigenvalue weighted by atomic mass is 32.2. The normalized spacial score (nSPS) is 19.6. The first kappa shape index (κ1) is 16.8. The Hall–Kier alpha value is -0.560. The number of rotatable bonds is 7. The van der Waals surface area contributed by atoms with Gasteiger partial charge in [0, 0.05) is 11.8 Å². The van der Waals surface area contributed by atoms with Crippen LogP contribution in [0.15, 0.2) is 29.2 Å². The lowest BCUT2D eigenvalue weighted by Gasteiger charge is -2.21. The zero-order valence-electron chi connectivity index (χ0n) is 12.5. The number of sulfonamides is 1. The molecule has 1 heterocycles. The summed E-state index contributed by atoms with van der Waals surface area (Å²) in [6, 6.07) is 7.17. The van der Waals surface area contributed by atoms with E-state index in [1.165, 1.54) is 12.8 Å². The van der Waals surface area contributed by atoms with Crippen molar-refractivity contribution in [3.05, 3.63) is 29.8 Å². The number of likely N-dealkylation sites (N-methyl/N-ethyl adjacent to an activating group) is 1. The number of nitrogens with one attached hydrogen (secondary N) is 2. The molecular formula is C15H24N2O2S2. The molecule has 1 aliphatic heterocycles. The number of thioether (sulfide) groups is 1. The van der Waals surface area contributed by atoms with Crippen LogP contribution in [-0.4, -0.2) is 39.6 Å². The first-order valence-corrected chi connectivity index (χ1v) is 10.00. The summed E-state index contributed by atoms with van der Waals surface area (Å²) in [4.78, 5) is 0.358. The number of hydrogen-bond acceptors (Lipinski definition) is 4. The predicted molar refractivity (Wildman–Crippen MR) is 89.4 cm³/mol. The fourth-order valence-corrected chi connectivity index (χ4v) is 4.78. The van der Waals surface area contributed by atoms with Crippen LogP contribution >= 0.6 is 11.8 Å². The van der Waals surface area contributed by atoms with Gasteiger partial charge < -0.3 is 5.32 Å². The fourth-order valence-electron chi connectivity index (χ4n) is 2.36. The van der Waals surface area contributed by atoms with Gasteiger partial charge in [-0.25, -0.2) is 13.1 Å². The molecule has 0 amide bonds. The molecular weight excluding hydrogens is 304 g/mol. The third kappa shape index (κ3) is 5.29. The second-order valence-corrected chi connectivity index (χ2v) is 8.51. The van der Waals surface area contributed by atoms with Crippen molar-refractivity contribution in [2.45, 2.75) is 35.8 Å². The molecule has 1 aliphatic rings. The summed E-state index contributed by atoms with van der Waals surface area (Å²) in [5.41, 5.74) is 1.14. The fraction of sp³-hybridized carbons (Fsp3) is 0.600. The van der Waals surface area contributed by atoms with Crippen LogP contribution in [-0.2, 0) is 16.4 Å². The maximum absolute atomic E-state index is 12.3. The highest BCUT2D eigenvalue weighted by Crippen LogP contribution is 2.24. The molecule has 0 aliphatic carbocycles. The summed E-state index contributed by atoms with van der Waals surface area (Å²) >= 11 is 1.88. The monoisotopic (exact) mass is 328 g/mol. The zero-order chi connectivity index (χ0) is 15.1. The van der Waals surface area contributed by atoms with Crippen LogP contribution in [0.3, 0.4) is 0 Å². The third-order valence-electron chi connectivity index (χ3n) is 3.67. The van der Waals surface area contributed by atoms with Gasteiger partial charge in [0.1, 0.15) is 0 Å². The van der Waals surface area contributed by atoms with Gasteiger partial charge in [-0.15, -0.1) is 0 Å². The van der Waals surface area contributed by atoms with Crippen LogP contribution < -0.4 is 10.0 Å². The highest BCUT2D eigenvalue weighted by Gasteiger charge is 2.19. The van der Waals surface area contributed by atoms with E-state index < -0.39 is 10.0 Å². The average Bonchev–Trinajstić information content (AvgIpc) is 2.52. The lowest BCUT2D eigenvalue weighted by Crippen LogP contribution is -2.32. The van der Waals surface area contributed by atoms with Gasteiger partial charge in [-0.2, -0.15) is 11.8 Å². The summed E-state index contributed by atoms with van der Waals surface area (Å²) in [5, 5.41) is 3.50. The van der Waals surface area contributed by atoms with E-state index in [-0.39, 0.29) is 0 Å². The van der Waals surface area contributed by atoms with Crippen LogP contribution in [0.1, 0.15) is 24.8 Å². The Kier molecular flexibility index (Phi) is 6.54. The summed E-state index contributed by atoms with van der Waals surface area (Å²) in [6.45, 7) is 1.43. The molecule has 1 atom stereocenters. The van der Waals surface area contributed by atoms with Gasteiger partial charge in [0.25, 0.3) is 0 Å². The molecule has 2 rings (SSSR count). The highest BCUT2D eigenvalue weighted by molar-refractivity contribution is 8.00. The Bertz CT molecular complexity index is 523. The SMILES string of the molecule is CNCCc1ccc(S(=O)(=O)NCC2CCCCS2)cc1. The van der Waals surface area contributed by atoms with Gasteiger partial charge >= 0.3 is 0 Å². The standard InChI is InChI=1S/C15H24N2O2S2/c1-16-10-9-13-5-7-15(8-6-13)21(18,19)17-12-14-4-2-3-11-20-14/h5-8,14,16-17H,2-4,9-12H2,1H3. The minimum absolute atomic E-state index is 0.358. The first-order valence-electron chi connectivity index (χ1n) is 7.46. The van der Waals surface area contributed by atoms with E-state index >= 15 is 0 Å². The van der Waals surface area contributed by atoms with Crippen molar-refractivity contribution in [1.29, 1.82) is 0 Å². The molecule has 1 unspecified atom stereocenters. The van der Waals surface area contributed by atoms with Gasteiger partial charge in [-0.1, -0.05) is 18.6 Å². The Morgan fingerprint density at radius 1 is 1.24 bits per heavy atom. The topological polar surface area (TPSA) is 58.2 Å². The number of benzene rings is 1. The van der Waals surface area contributed by atoms with E-state index in [2.05, 4.69) is 10.0 Å². The molecule has 4 nitrogen and oxygen atoms in total. The van der Waals surface area contributed by atoms with Crippen molar-refractivity contribution in [3.8, 4) is 0 Å². The predicted octanol–water partition coefficient (Wildman–Crippen LogP) is 2.01. The smallest absolute Gasteiger partial charge is 0.240 e. The minimum Gasteiger partial charge on any atom is -0.319 e. The summed E-state index contributed by atoms with van der Waals surface area (Å²) in [6.07, 6.45) is 4.47.